The molecule has 0 saturated carbocycles. The van der Waals surface area contributed by atoms with Gasteiger partial charge in [0.15, 0.2) is 0 Å². The molecule has 0 atom stereocenters. The topological polar surface area (TPSA) is 84.3 Å². The van der Waals surface area contributed by atoms with Crippen molar-refractivity contribution in [3.05, 3.63) is 63.8 Å². The minimum atomic E-state index is -0.352. The summed E-state index contributed by atoms with van der Waals surface area (Å²) in [6.45, 7) is 0.471. The number of nitrogens with zero attached hydrogens (tertiary/aromatic N) is 3. The monoisotopic (exact) mass is 450 g/mol. The molecule has 31 heavy (non-hydrogen) atoms. The van der Waals surface area contributed by atoms with Gasteiger partial charge in [-0.15, -0.1) is 22.7 Å². The Kier molecular flexibility index (Phi) is 5.13. The van der Waals surface area contributed by atoms with Crippen LogP contribution in [-0.2, 0) is 16.1 Å². The van der Waals surface area contributed by atoms with E-state index in [1.54, 1.807) is 28.4 Å². The lowest BCUT2D eigenvalue weighted by molar-refractivity contribution is -0.117. The van der Waals surface area contributed by atoms with E-state index >= 15 is 0 Å². The Labute approximate surface area is 185 Å². The number of carbonyl (C=O) groups excluding carboxylic acids is 2. The van der Waals surface area contributed by atoms with Gasteiger partial charge in [0.2, 0.25) is 11.8 Å². The van der Waals surface area contributed by atoms with Gasteiger partial charge >= 0.3 is 0 Å². The lowest BCUT2D eigenvalue weighted by Gasteiger charge is -2.20. The van der Waals surface area contributed by atoms with Gasteiger partial charge in [0.1, 0.15) is 11.4 Å². The van der Waals surface area contributed by atoms with E-state index < -0.39 is 0 Å². The molecule has 2 amide bonds. The number of para-hydroxylation sites is 2. The van der Waals surface area contributed by atoms with Gasteiger partial charge in [0.25, 0.3) is 5.56 Å². The smallest absolute Gasteiger partial charge is 0.263 e. The standard InChI is InChI=1S/C22H18N4O3S2/c27-18(24-15-5-1-2-6-16(15)26-9-3-8-19(26)28)11-25-13-23-21-20(22(25)29)14(12-31-21)17-7-4-10-30-17/h1-2,4-7,10,12-13H,3,8-9,11H2,(H,24,27). The van der Waals surface area contributed by atoms with Crippen molar-refractivity contribution >= 4 is 56.1 Å². The Balaban J connectivity index is 1.42. The zero-order valence-electron chi connectivity index (χ0n) is 16.4. The van der Waals surface area contributed by atoms with Gasteiger partial charge in [0.05, 0.1) is 23.1 Å². The van der Waals surface area contributed by atoms with E-state index in [0.717, 1.165) is 16.9 Å². The van der Waals surface area contributed by atoms with Crippen LogP contribution in [0.4, 0.5) is 11.4 Å². The number of aromatic nitrogens is 2. The fraction of sp³-hybridized carbons (Fsp3) is 0.182. The van der Waals surface area contributed by atoms with Crippen molar-refractivity contribution in [2.75, 3.05) is 16.8 Å². The minimum Gasteiger partial charge on any atom is -0.323 e. The molecule has 3 aromatic heterocycles. The first-order valence-electron chi connectivity index (χ1n) is 9.81. The summed E-state index contributed by atoms with van der Waals surface area (Å²) < 4.78 is 1.32. The van der Waals surface area contributed by atoms with E-state index in [0.29, 0.717) is 34.6 Å². The Morgan fingerprint density at radius 3 is 2.77 bits per heavy atom. The van der Waals surface area contributed by atoms with Crippen LogP contribution in [0.1, 0.15) is 12.8 Å². The lowest BCUT2D eigenvalue weighted by atomic mass is 10.2. The third-order valence-corrected chi connectivity index (χ3v) is 6.99. The van der Waals surface area contributed by atoms with Gasteiger partial charge in [-0.25, -0.2) is 4.98 Å². The SMILES string of the molecule is O=C(Cn1cnc2scc(-c3cccs3)c2c1=O)Nc1ccccc1N1CCCC1=O. The van der Waals surface area contributed by atoms with Crippen molar-refractivity contribution in [3.8, 4) is 10.4 Å². The molecule has 4 aromatic rings. The molecule has 0 aliphatic carbocycles. The highest BCUT2D eigenvalue weighted by molar-refractivity contribution is 7.18. The summed E-state index contributed by atoms with van der Waals surface area (Å²) in [5.74, 6) is -0.304. The summed E-state index contributed by atoms with van der Waals surface area (Å²) in [7, 11) is 0. The second kappa shape index (κ2) is 8.09. The summed E-state index contributed by atoms with van der Waals surface area (Å²) >= 11 is 2.98. The van der Waals surface area contributed by atoms with Crippen molar-refractivity contribution in [3.63, 3.8) is 0 Å². The van der Waals surface area contributed by atoms with E-state index in [2.05, 4.69) is 10.3 Å². The van der Waals surface area contributed by atoms with E-state index in [4.69, 9.17) is 0 Å². The van der Waals surface area contributed by atoms with Gasteiger partial charge in [-0.3, -0.25) is 19.0 Å². The summed E-state index contributed by atoms with van der Waals surface area (Å²) in [4.78, 5) is 45.7. The third kappa shape index (κ3) is 3.66. The van der Waals surface area contributed by atoms with Crippen LogP contribution in [0.3, 0.4) is 0 Å². The number of thiophene rings is 2. The summed E-state index contributed by atoms with van der Waals surface area (Å²) in [6, 6.07) is 11.1. The van der Waals surface area contributed by atoms with Crippen LogP contribution in [0.2, 0.25) is 0 Å². The van der Waals surface area contributed by atoms with Crippen LogP contribution in [0, 0.1) is 0 Å². The number of benzene rings is 1. The summed E-state index contributed by atoms with van der Waals surface area (Å²) in [6.07, 6.45) is 2.72. The first-order valence-corrected chi connectivity index (χ1v) is 11.6. The molecule has 9 heteroatoms. The molecule has 0 spiro atoms. The maximum absolute atomic E-state index is 13.1. The molecule has 0 radical (unpaired) electrons. The highest BCUT2D eigenvalue weighted by atomic mass is 32.1. The first-order chi connectivity index (χ1) is 15.1. The van der Waals surface area contributed by atoms with Crippen molar-refractivity contribution in [1.29, 1.82) is 0 Å². The van der Waals surface area contributed by atoms with Crippen LogP contribution >= 0.6 is 22.7 Å². The molecule has 1 aliphatic heterocycles. The molecule has 5 rings (SSSR count). The molecule has 1 saturated heterocycles. The highest BCUT2D eigenvalue weighted by Gasteiger charge is 2.24. The molecule has 1 fully saturated rings. The van der Waals surface area contributed by atoms with Crippen LogP contribution < -0.4 is 15.8 Å². The molecule has 0 unspecified atom stereocenters. The number of carbonyl (C=O) groups is 2. The number of hydrogen-bond donors (Lipinski definition) is 1. The quantitative estimate of drug-likeness (QED) is 0.499. The minimum absolute atomic E-state index is 0.0473. The zero-order valence-corrected chi connectivity index (χ0v) is 18.0. The average Bonchev–Trinajstić information content (AvgIpc) is 3.51. The number of fused-ring (bicyclic) bond motifs is 1. The van der Waals surface area contributed by atoms with Crippen LogP contribution in [0.5, 0.6) is 0 Å². The predicted octanol–water partition coefficient (Wildman–Crippen LogP) is 3.95. The number of hydrogen-bond acceptors (Lipinski definition) is 6. The third-order valence-electron chi connectivity index (χ3n) is 5.20. The highest BCUT2D eigenvalue weighted by Crippen LogP contribution is 2.33. The van der Waals surface area contributed by atoms with Gasteiger partial charge in [-0.2, -0.15) is 0 Å². The van der Waals surface area contributed by atoms with Crippen molar-refractivity contribution < 1.29 is 9.59 Å². The van der Waals surface area contributed by atoms with Crippen molar-refractivity contribution in [2.24, 2.45) is 0 Å². The average molecular weight is 451 g/mol. The fourth-order valence-electron chi connectivity index (χ4n) is 3.76. The number of rotatable bonds is 5. The first kappa shape index (κ1) is 19.7. The van der Waals surface area contributed by atoms with E-state index in [1.807, 2.05) is 35.0 Å². The molecule has 7 nitrogen and oxygen atoms in total. The van der Waals surface area contributed by atoms with E-state index in [1.165, 1.54) is 22.2 Å². The zero-order chi connectivity index (χ0) is 21.4. The van der Waals surface area contributed by atoms with Gasteiger partial charge in [0, 0.05) is 28.8 Å². The number of nitrogens with one attached hydrogen (secondary N) is 1. The summed E-state index contributed by atoms with van der Waals surface area (Å²) in [5, 5.41) is 7.28. The maximum Gasteiger partial charge on any atom is 0.263 e. The lowest BCUT2D eigenvalue weighted by Crippen LogP contribution is -2.29. The molecular formula is C22H18N4O3S2. The van der Waals surface area contributed by atoms with Crippen LogP contribution in [-0.4, -0.2) is 27.9 Å². The maximum atomic E-state index is 13.1. The number of anilines is 2. The number of amides is 2. The molecule has 156 valence electrons. The van der Waals surface area contributed by atoms with E-state index in [9.17, 15) is 14.4 Å². The Hall–Kier alpha value is -3.30. The molecule has 4 heterocycles. The van der Waals surface area contributed by atoms with Gasteiger partial charge < -0.3 is 10.2 Å². The Bertz CT molecular complexity index is 1340. The molecular weight excluding hydrogens is 432 g/mol. The largest absolute Gasteiger partial charge is 0.323 e. The molecule has 1 aliphatic rings. The molecule has 1 aromatic carbocycles. The summed E-state index contributed by atoms with van der Waals surface area (Å²) in [5.41, 5.74) is 1.84. The predicted molar refractivity (Wildman–Crippen MR) is 124 cm³/mol. The normalized spacial score (nSPS) is 13.8. The van der Waals surface area contributed by atoms with Crippen LogP contribution in [0.15, 0.2) is 58.3 Å². The van der Waals surface area contributed by atoms with Crippen LogP contribution in [0.25, 0.3) is 20.7 Å². The van der Waals surface area contributed by atoms with Gasteiger partial charge in [-0.1, -0.05) is 18.2 Å². The molecule has 1 N–H and O–H groups in total. The fourth-order valence-corrected chi connectivity index (χ4v) is 5.48. The Morgan fingerprint density at radius 2 is 2.00 bits per heavy atom. The van der Waals surface area contributed by atoms with E-state index in [-0.39, 0.29) is 23.9 Å². The van der Waals surface area contributed by atoms with Gasteiger partial charge in [-0.05, 0) is 30.0 Å². The second-order valence-corrected chi connectivity index (χ2v) is 9.00. The van der Waals surface area contributed by atoms with Crippen molar-refractivity contribution in [1.82, 2.24) is 9.55 Å². The molecule has 0 bridgehead atoms. The second-order valence-electron chi connectivity index (χ2n) is 7.20. The Morgan fingerprint density at radius 1 is 1.13 bits per heavy atom. The van der Waals surface area contributed by atoms with Crippen molar-refractivity contribution in [2.45, 2.75) is 19.4 Å².